The van der Waals surface area contributed by atoms with Gasteiger partial charge in [0.2, 0.25) is 15.9 Å². The van der Waals surface area contributed by atoms with Gasteiger partial charge in [-0.25, -0.2) is 8.42 Å². The summed E-state index contributed by atoms with van der Waals surface area (Å²) in [7, 11) is -3.88. The molecule has 0 aromatic heterocycles. The molecule has 0 aliphatic heterocycles. The lowest BCUT2D eigenvalue weighted by atomic mass is 10.1. The summed E-state index contributed by atoms with van der Waals surface area (Å²) in [6.07, 6.45) is 0.201. The number of amides is 1. The Morgan fingerprint density at radius 1 is 0.900 bits per heavy atom. The lowest BCUT2D eigenvalue weighted by Crippen LogP contribution is -2.47. The molecule has 0 spiro atoms. The SMILES string of the molecule is O=C(NCc1ccc(Cl)cc1Cl)[C@H](Cc1ccccc1)NS(=O)(=O)c1ccccc1. The van der Waals surface area contributed by atoms with E-state index in [2.05, 4.69) is 10.0 Å². The van der Waals surface area contributed by atoms with Crippen LogP contribution in [-0.2, 0) is 27.8 Å². The maximum atomic E-state index is 12.9. The van der Waals surface area contributed by atoms with Gasteiger partial charge in [0.25, 0.3) is 0 Å². The fourth-order valence-electron chi connectivity index (χ4n) is 2.86. The first kappa shape index (κ1) is 22.3. The van der Waals surface area contributed by atoms with Crippen molar-refractivity contribution in [2.24, 2.45) is 0 Å². The second-order valence-electron chi connectivity index (χ2n) is 6.63. The van der Waals surface area contributed by atoms with Gasteiger partial charge in [0.1, 0.15) is 6.04 Å². The molecule has 3 aromatic rings. The molecule has 0 bridgehead atoms. The van der Waals surface area contributed by atoms with Crippen molar-refractivity contribution in [1.82, 2.24) is 10.0 Å². The second-order valence-corrected chi connectivity index (χ2v) is 9.19. The Balaban J connectivity index is 1.78. The molecule has 0 unspecified atom stereocenters. The standard InChI is InChI=1S/C22H20Cl2N2O3S/c23-18-12-11-17(20(24)14-18)15-25-22(27)21(13-16-7-3-1-4-8-16)26-30(28,29)19-9-5-2-6-10-19/h1-12,14,21,26H,13,15H2,(H,25,27)/t21-/m0/s1. The molecule has 0 radical (unpaired) electrons. The molecule has 156 valence electrons. The van der Waals surface area contributed by atoms with E-state index in [4.69, 9.17) is 23.2 Å². The lowest BCUT2D eigenvalue weighted by Gasteiger charge is -2.19. The molecule has 3 aromatic carbocycles. The molecule has 0 fully saturated rings. The van der Waals surface area contributed by atoms with Crippen LogP contribution in [0.5, 0.6) is 0 Å². The highest BCUT2D eigenvalue weighted by Crippen LogP contribution is 2.21. The normalized spacial score (nSPS) is 12.3. The Labute approximate surface area is 186 Å². The van der Waals surface area contributed by atoms with Gasteiger partial charge >= 0.3 is 0 Å². The fourth-order valence-corrected chi connectivity index (χ4v) is 4.56. The van der Waals surface area contributed by atoms with E-state index in [1.54, 1.807) is 36.4 Å². The van der Waals surface area contributed by atoms with Crippen molar-refractivity contribution in [1.29, 1.82) is 0 Å². The molecule has 0 heterocycles. The average Bonchev–Trinajstić information content (AvgIpc) is 2.74. The summed E-state index contributed by atoms with van der Waals surface area (Å²) < 4.78 is 28.1. The van der Waals surface area contributed by atoms with Crippen molar-refractivity contribution in [3.8, 4) is 0 Å². The zero-order chi connectivity index (χ0) is 21.6. The minimum absolute atomic E-state index is 0.0941. The molecule has 1 amide bonds. The van der Waals surface area contributed by atoms with Crippen LogP contribution in [0.4, 0.5) is 0 Å². The third-order valence-corrected chi connectivity index (χ3v) is 6.49. The number of hydrogen-bond donors (Lipinski definition) is 2. The first-order valence-electron chi connectivity index (χ1n) is 9.18. The van der Waals surface area contributed by atoms with Crippen LogP contribution in [0, 0.1) is 0 Å². The highest BCUT2D eigenvalue weighted by molar-refractivity contribution is 7.89. The Morgan fingerprint density at radius 2 is 1.53 bits per heavy atom. The summed E-state index contributed by atoms with van der Waals surface area (Å²) in [6.45, 7) is 0.146. The van der Waals surface area contributed by atoms with Gasteiger partial charge in [0.15, 0.2) is 0 Å². The van der Waals surface area contributed by atoms with E-state index in [1.165, 1.54) is 12.1 Å². The fraction of sp³-hybridized carbons (Fsp3) is 0.136. The molecule has 0 aliphatic rings. The van der Waals surface area contributed by atoms with E-state index < -0.39 is 22.0 Å². The van der Waals surface area contributed by atoms with Crippen LogP contribution in [0.15, 0.2) is 83.8 Å². The summed E-state index contributed by atoms with van der Waals surface area (Å²) in [5.74, 6) is -0.454. The van der Waals surface area contributed by atoms with E-state index in [0.29, 0.717) is 15.6 Å². The van der Waals surface area contributed by atoms with Crippen molar-refractivity contribution in [2.45, 2.75) is 23.9 Å². The quantitative estimate of drug-likeness (QED) is 0.526. The van der Waals surface area contributed by atoms with Gasteiger partial charge < -0.3 is 5.32 Å². The molecule has 5 nitrogen and oxygen atoms in total. The summed E-state index contributed by atoms with van der Waals surface area (Å²) >= 11 is 12.1. The van der Waals surface area contributed by atoms with Gasteiger partial charge in [0.05, 0.1) is 4.90 Å². The highest BCUT2D eigenvalue weighted by Gasteiger charge is 2.26. The summed E-state index contributed by atoms with van der Waals surface area (Å²) in [5, 5.41) is 3.68. The van der Waals surface area contributed by atoms with Crippen LogP contribution in [-0.4, -0.2) is 20.4 Å². The minimum Gasteiger partial charge on any atom is -0.351 e. The van der Waals surface area contributed by atoms with E-state index in [0.717, 1.165) is 5.56 Å². The number of hydrogen-bond acceptors (Lipinski definition) is 3. The third-order valence-electron chi connectivity index (χ3n) is 4.42. The number of sulfonamides is 1. The van der Waals surface area contributed by atoms with Gasteiger partial charge in [0, 0.05) is 16.6 Å². The molecule has 30 heavy (non-hydrogen) atoms. The van der Waals surface area contributed by atoms with Crippen LogP contribution < -0.4 is 10.0 Å². The number of carbonyl (C=O) groups is 1. The zero-order valence-electron chi connectivity index (χ0n) is 15.9. The largest absolute Gasteiger partial charge is 0.351 e. The highest BCUT2D eigenvalue weighted by atomic mass is 35.5. The van der Waals surface area contributed by atoms with Crippen molar-refractivity contribution in [2.75, 3.05) is 0 Å². The molecule has 3 rings (SSSR count). The Hall–Kier alpha value is -2.38. The van der Waals surface area contributed by atoms with E-state index in [-0.39, 0.29) is 17.9 Å². The van der Waals surface area contributed by atoms with Crippen LogP contribution in [0.1, 0.15) is 11.1 Å². The number of nitrogens with one attached hydrogen (secondary N) is 2. The maximum Gasteiger partial charge on any atom is 0.241 e. The molecular weight excluding hydrogens is 443 g/mol. The number of halogens is 2. The van der Waals surface area contributed by atoms with E-state index in [9.17, 15) is 13.2 Å². The summed E-state index contributed by atoms with van der Waals surface area (Å²) in [4.78, 5) is 13.0. The van der Waals surface area contributed by atoms with Gasteiger partial charge in [-0.3, -0.25) is 4.79 Å². The van der Waals surface area contributed by atoms with Gasteiger partial charge in [-0.1, -0.05) is 77.8 Å². The zero-order valence-corrected chi connectivity index (χ0v) is 18.2. The Morgan fingerprint density at radius 3 is 2.17 bits per heavy atom. The predicted molar refractivity (Wildman–Crippen MR) is 119 cm³/mol. The Kier molecular flexibility index (Phi) is 7.50. The summed E-state index contributed by atoms with van der Waals surface area (Å²) in [6, 6.07) is 21.1. The third kappa shape index (κ3) is 6.06. The van der Waals surface area contributed by atoms with Crippen molar-refractivity contribution in [3.05, 3.63) is 100 Å². The molecule has 0 aliphatic carbocycles. The topological polar surface area (TPSA) is 75.3 Å². The number of benzene rings is 3. The van der Waals surface area contributed by atoms with Gasteiger partial charge in [-0.2, -0.15) is 4.72 Å². The summed E-state index contributed by atoms with van der Waals surface area (Å²) in [5.41, 5.74) is 1.51. The van der Waals surface area contributed by atoms with Crippen molar-refractivity contribution in [3.63, 3.8) is 0 Å². The minimum atomic E-state index is -3.88. The molecule has 0 saturated carbocycles. The Bertz CT molecular complexity index is 1110. The lowest BCUT2D eigenvalue weighted by molar-refractivity contribution is -0.122. The second kappa shape index (κ2) is 10.1. The van der Waals surface area contributed by atoms with E-state index in [1.807, 2.05) is 30.3 Å². The number of carbonyl (C=O) groups excluding carboxylic acids is 1. The molecule has 8 heteroatoms. The average molecular weight is 463 g/mol. The first-order valence-corrected chi connectivity index (χ1v) is 11.4. The molecule has 2 N–H and O–H groups in total. The van der Waals surface area contributed by atoms with Crippen molar-refractivity contribution < 1.29 is 13.2 Å². The van der Waals surface area contributed by atoms with Crippen LogP contribution in [0.2, 0.25) is 10.0 Å². The van der Waals surface area contributed by atoms with Crippen molar-refractivity contribution >= 4 is 39.1 Å². The molecule has 0 saturated heterocycles. The smallest absolute Gasteiger partial charge is 0.241 e. The maximum absolute atomic E-state index is 12.9. The number of rotatable bonds is 8. The van der Waals surface area contributed by atoms with Crippen LogP contribution >= 0.6 is 23.2 Å². The van der Waals surface area contributed by atoms with Gasteiger partial charge in [-0.05, 0) is 41.8 Å². The van der Waals surface area contributed by atoms with Crippen LogP contribution in [0.25, 0.3) is 0 Å². The molecule has 1 atom stereocenters. The monoisotopic (exact) mass is 462 g/mol. The van der Waals surface area contributed by atoms with Crippen LogP contribution in [0.3, 0.4) is 0 Å². The van der Waals surface area contributed by atoms with E-state index >= 15 is 0 Å². The first-order chi connectivity index (χ1) is 14.3. The molecular formula is C22H20Cl2N2O3S. The predicted octanol–water partition coefficient (Wildman–Crippen LogP) is 4.20. The van der Waals surface area contributed by atoms with Gasteiger partial charge in [-0.15, -0.1) is 0 Å².